The van der Waals surface area contributed by atoms with Crippen molar-refractivity contribution in [1.82, 2.24) is 10.1 Å². The van der Waals surface area contributed by atoms with E-state index in [-0.39, 0.29) is 4.90 Å². The maximum Gasteiger partial charge on any atom is 0.337 e. The Bertz CT molecular complexity index is 1260. The largest absolute Gasteiger partial charge is 0.337 e. The van der Waals surface area contributed by atoms with Crippen LogP contribution in [0.2, 0.25) is 10.0 Å². The number of anilines is 1. The van der Waals surface area contributed by atoms with Gasteiger partial charge >= 0.3 is 6.03 Å². The van der Waals surface area contributed by atoms with E-state index >= 15 is 0 Å². The van der Waals surface area contributed by atoms with E-state index in [0.717, 1.165) is 10.6 Å². The Morgan fingerprint density at radius 2 is 1.59 bits per heavy atom. The molecule has 0 unspecified atom stereocenters. The third-order valence-electron chi connectivity index (χ3n) is 5.13. The monoisotopic (exact) mass is 520 g/mol. The van der Waals surface area contributed by atoms with Crippen molar-refractivity contribution in [1.29, 1.82) is 0 Å². The molecule has 3 aromatic carbocycles. The van der Waals surface area contributed by atoms with Crippen LogP contribution >= 0.6 is 23.2 Å². The number of amides is 2. The van der Waals surface area contributed by atoms with Crippen LogP contribution in [-0.4, -0.2) is 14.4 Å². The highest BCUT2D eigenvalue weighted by atomic mass is 35.5. The molecule has 2 amide bonds. The molecule has 3 rings (SSSR count). The van der Waals surface area contributed by atoms with E-state index in [9.17, 15) is 13.2 Å². The first-order chi connectivity index (χ1) is 15.9. The van der Waals surface area contributed by atoms with Crippen LogP contribution in [0.3, 0.4) is 0 Å². The molecule has 10 heteroatoms. The summed E-state index contributed by atoms with van der Waals surface area (Å²) >= 11 is 12.4. The minimum Gasteiger partial charge on any atom is -0.330 e. The number of nitrogens with zero attached hydrogens (tertiary/aromatic N) is 1. The molecule has 0 bridgehead atoms. The van der Waals surface area contributed by atoms with E-state index in [1.165, 1.54) is 12.1 Å². The number of hydrazine groups is 1. The summed E-state index contributed by atoms with van der Waals surface area (Å²) in [5.41, 5.74) is 7.26. The third-order valence-corrected chi connectivity index (χ3v) is 7.27. The molecule has 0 radical (unpaired) electrons. The number of nitrogens with one attached hydrogen (secondary N) is 2. The lowest BCUT2D eigenvalue weighted by Gasteiger charge is -2.27. The minimum atomic E-state index is -4.06. The zero-order valence-corrected chi connectivity index (χ0v) is 21.2. The first kappa shape index (κ1) is 26.0. The molecule has 0 aliphatic rings. The molecule has 0 aromatic heterocycles. The number of urea groups is 1. The second-order valence-corrected chi connectivity index (χ2v) is 10.8. The van der Waals surface area contributed by atoms with Gasteiger partial charge in [-0.1, -0.05) is 65.7 Å². The van der Waals surface area contributed by atoms with E-state index in [2.05, 4.69) is 10.1 Å². The number of carbonyl (C=O) groups excluding carboxylic acids is 1. The van der Waals surface area contributed by atoms with Crippen molar-refractivity contribution in [3.63, 3.8) is 0 Å². The van der Waals surface area contributed by atoms with Crippen LogP contribution in [-0.2, 0) is 15.6 Å². The summed E-state index contributed by atoms with van der Waals surface area (Å²) in [5.74, 6) is 0. The number of benzene rings is 3. The zero-order chi connectivity index (χ0) is 25.1. The van der Waals surface area contributed by atoms with E-state index in [4.69, 9.17) is 28.9 Å². The number of hydrogen-bond acceptors (Lipinski definition) is 4. The van der Waals surface area contributed by atoms with Crippen molar-refractivity contribution in [2.75, 3.05) is 5.01 Å². The quantitative estimate of drug-likeness (QED) is 0.364. The zero-order valence-electron chi connectivity index (χ0n) is 18.9. The Balaban J connectivity index is 1.95. The molecule has 180 valence electrons. The second kappa shape index (κ2) is 10.3. The molecule has 7 nitrogen and oxygen atoms in total. The summed E-state index contributed by atoms with van der Waals surface area (Å²) in [5, 5.41) is 4.37. The molecule has 0 heterocycles. The molecule has 0 saturated heterocycles. The van der Waals surface area contributed by atoms with Gasteiger partial charge in [0.2, 0.25) is 0 Å². The normalized spacial score (nSPS) is 12.8. The van der Waals surface area contributed by atoms with Crippen LogP contribution < -0.4 is 20.9 Å². The highest BCUT2D eigenvalue weighted by molar-refractivity contribution is 7.89. The van der Waals surface area contributed by atoms with Gasteiger partial charge in [-0.15, -0.1) is 4.83 Å². The molecule has 0 spiro atoms. The number of carbonyl (C=O) groups is 1. The van der Waals surface area contributed by atoms with Gasteiger partial charge in [0.25, 0.3) is 10.0 Å². The highest BCUT2D eigenvalue weighted by Crippen LogP contribution is 2.30. The Kier molecular flexibility index (Phi) is 7.90. The fourth-order valence-electron chi connectivity index (χ4n) is 3.21. The van der Waals surface area contributed by atoms with E-state index in [1.807, 2.05) is 13.8 Å². The highest BCUT2D eigenvalue weighted by Gasteiger charge is 2.26. The molecule has 1 atom stereocenters. The van der Waals surface area contributed by atoms with Crippen LogP contribution in [0.5, 0.6) is 0 Å². The van der Waals surface area contributed by atoms with E-state index in [1.54, 1.807) is 67.6 Å². The van der Waals surface area contributed by atoms with Crippen molar-refractivity contribution >= 4 is 44.9 Å². The standard InChI is InChI=1S/C24H26Cl2N4O3S/c1-16(20-10-7-11-21(25)22(20)26)28-23(31)30(18-14-12-17(13-15-18)24(2,3)27)29-34(32,33)19-8-5-4-6-9-19/h4-16,29H,27H2,1-3H3,(H,28,31)/t16-/m0/s1. The van der Waals surface area contributed by atoms with Crippen molar-refractivity contribution in [2.45, 2.75) is 37.2 Å². The Hall–Kier alpha value is -2.62. The molecule has 0 saturated carbocycles. The van der Waals surface area contributed by atoms with Crippen LogP contribution in [0, 0.1) is 0 Å². The first-order valence-electron chi connectivity index (χ1n) is 10.4. The topological polar surface area (TPSA) is 105 Å². The summed E-state index contributed by atoms with van der Waals surface area (Å²) in [7, 11) is -4.06. The van der Waals surface area contributed by atoms with Gasteiger partial charge in [0.1, 0.15) is 0 Å². The van der Waals surface area contributed by atoms with Gasteiger partial charge in [0, 0.05) is 5.54 Å². The van der Waals surface area contributed by atoms with Crippen LogP contribution in [0.15, 0.2) is 77.7 Å². The Morgan fingerprint density at radius 3 is 2.18 bits per heavy atom. The predicted octanol–water partition coefficient (Wildman–Crippen LogP) is 5.36. The molecule has 4 N–H and O–H groups in total. The molecular weight excluding hydrogens is 495 g/mol. The molecular formula is C24H26Cl2N4O3S. The van der Waals surface area contributed by atoms with Gasteiger partial charge in [0.15, 0.2) is 0 Å². The van der Waals surface area contributed by atoms with Crippen molar-refractivity contribution in [3.05, 3.63) is 94.0 Å². The number of hydrogen-bond donors (Lipinski definition) is 3. The van der Waals surface area contributed by atoms with Crippen molar-refractivity contribution in [3.8, 4) is 0 Å². The number of nitrogens with two attached hydrogens (primary N) is 1. The van der Waals surface area contributed by atoms with Gasteiger partial charge < -0.3 is 11.1 Å². The minimum absolute atomic E-state index is 0.0124. The molecule has 0 aliphatic carbocycles. The van der Waals surface area contributed by atoms with Gasteiger partial charge in [-0.2, -0.15) is 0 Å². The number of halogens is 2. The summed E-state index contributed by atoms with van der Waals surface area (Å²) in [4.78, 5) is 15.7. The van der Waals surface area contributed by atoms with E-state index < -0.39 is 27.6 Å². The average Bonchev–Trinajstić information content (AvgIpc) is 2.79. The van der Waals surface area contributed by atoms with E-state index in [0.29, 0.717) is 21.3 Å². The number of rotatable bonds is 7. The molecule has 34 heavy (non-hydrogen) atoms. The second-order valence-electron chi connectivity index (χ2n) is 8.33. The van der Waals surface area contributed by atoms with Gasteiger partial charge in [-0.3, -0.25) is 0 Å². The average molecular weight is 521 g/mol. The fourth-order valence-corrected chi connectivity index (χ4v) is 4.73. The third kappa shape index (κ3) is 6.08. The van der Waals surface area contributed by atoms with Crippen molar-refractivity contribution in [2.24, 2.45) is 5.73 Å². The SMILES string of the molecule is C[C@H](NC(=O)N(NS(=O)(=O)c1ccccc1)c1ccc(C(C)(C)N)cc1)c1cccc(Cl)c1Cl. The summed E-state index contributed by atoms with van der Waals surface area (Å²) in [6, 6.07) is 18.3. The molecule has 0 aliphatic heterocycles. The Labute approximate surface area is 209 Å². The summed E-state index contributed by atoms with van der Waals surface area (Å²) in [6.45, 7) is 5.42. The maximum atomic E-state index is 13.3. The lowest BCUT2D eigenvalue weighted by atomic mass is 9.95. The molecule has 3 aromatic rings. The predicted molar refractivity (Wildman–Crippen MR) is 136 cm³/mol. The maximum absolute atomic E-state index is 13.3. The summed E-state index contributed by atoms with van der Waals surface area (Å²) < 4.78 is 26.0. The lowest BCUT2D eigenvalue weighted by molar-refractivity contribution is 0.242. The fraction of sp³-hybridized carbons (Fsp3) is 0.208. The molecule has 0 fully saturated rings. The van der Waals surface area contributed by atoms with Gasteiger partial charge in [-0.25, -0.2) is 18.2 Å². The smallest absolute Gasteiger partial charge is 0.330 e. The van der Waals surface area contributed by atoms with Gasteiger partial charge in [0.05, 0.1) is 26.7 Å². The first-order valence-corrected chi connectivity index (χ1v) is 12.7. The van der Waals surface area contributed by atoms with Crippen molar-refractivity contribution < 1.29 is 13.2 Å². The Morgan fingerprint density at radius 1 is 0.971 bits per heavy atom. The van der Waals surface area contributed by atoms with Crippen LogP contribution in [0.25, 0.3) is 0 Å². The van der Waals surface area contributed by atoms with Gasteiger partial charge in [-0.05, 0) is 62.2 Å². The van der Waals surface area contributed by atoms with Crippen LogP contribution in [0.4, 0.5) is 10.5 Å². The summed E-state index contributed by atoms with van der Waals surface area (Å²) in [6.07, 6.45) is 0. The van der Waals surface area contributed by atoms with Crippen LogP contribution in [0.1, 0.15) is 37.9 Å². The number of sulfonamides is 1. The lowest BCUT2D eigenvalue weighted by Crippen LogP contribution is -2.51.